The van der Waals surface area contributed by atoms with Gasteiger partial charge in [0.05, 0.1) is 6.54 Å². The van der Waals surface area contributed by atoms with Gasteiger partial charge >= 0.3 is 11.9 Å². The maximum Gasteiger partial charge on any atom is 0.328 e. The third-order valence-electron chi connectivity index (χ3n) is 6.30. The fraction of sp³-hybridized carbons (Fsp3) is 0.231. The Kier molecular flexibility index (Phi) is 5.04. The summed E-state index contributed by atoms with van der Waals surface area (Å²) in [6.45, 7) is 0.549. The maximum absolute atomic E-state index is 13.3. The third kappa shape index (κ3) is 3.51. The Balaban J connectivity index is 1.41. The second-order valence-corrected chi connectivity index (χ2v) is 8.07. The summed E-state index contributed by atoms with van der Waals surface area (Å²) in [5.41, 5.74) is 6.57. The van der Waals surface area contributed by atoms with E-state index in [-0.39, 0.29) is 19.1 Å². The summed E-state index contributed by atoms with van der Waals surface area (Å²) >= 11 is 0. The average molecular weight is 413 g/mol. The molecule has 1 aliphatic carbocycles. The van der Waals surface area contributed by atoms with E-state index in [1.54, 1.807) is 4.90 Å². The number of benzene rings is 3. The molecule has 0 spiro atoms. The summed E-state index contributed by atoms with van der Waals surface area (Å²) in [6, 6.07) is 23.4. The number of hydrogen-bond donors (Lipinski definition) is 1. The molecule has 0 amide bonds. The molecule has 5 heteroatoms. The zero-order valence-corrected chi connectivity index (χ0v) is 17.0. The average Bonchev–Trinajstić information content (AvgIpc) is 3.11. The molecule has 0 bridgehead atoms. The number of carbonyl (C=O) groups excluding carboxylic acids is 1. The molecule has 3 aromatic carbocycles. The van der Waals surface area contributed by atoms with Crippen molar-refractivity contribution < 1.29 is 19.4 Å². The molecule has 0 unspecified atom stereocenters. The molecule has 156 valence electrons. The lowest BCUT2D eigenvalue weighted by atomic mass is 9.92. The highest BCUT2D eigenvalue weighted by molar-refractivity contribution is 5.81. The molecule has 0 fully saturated rings. The minimum atomic E-state index is -0.948. The van der Waals surface area contributed by atoms with Crippen LogP contribution in [-0.2, 0) is 20.7 Å². The lowest BCUT2D eigenvalue weighted by molar-refractivity contribution is -0.152. The van der Waals surface area contributed by atoms with Crippen LogP contribution in [0.1, 0.15) is 34.2 Å². The van der Waals surface area contributed by atoms with Crippen molar-refractivity contribution in [2.45, 2.75) is 18.4 Å². The Morgan fingerprint density at radius 1 is 0.871 bits per heavy atom. The quantitative estimate of drug-likeness (QED) is 0.640. The monoisotopic (exact) mass is 413 g/mol. The van der Waals surface area contributed by atoms with Crippen molar-refractivity contribution in [3.63, 3.8) is 0 Å². The normalized spacial score (nSPS) is 17.5. The standard InChI is InChI=1S/C26H23NO4/c28-24(29)15-27-14-13-17-7-1-2-8-18(17)25(27)26(30)31-16-23-21-11-5-3-9-19(21)20-10-4-6-12-22(20)23/h1-12,23,25H,13-16H2,(H,28,29)/t25-/m0/s1. The van der Waals surface area contributed by atoms with Crippen LogP contribution in [0, 0.1) is 0 Å². The highest BCUT2D eigenvalue weighted by Gasteiger charge is 2.36. The molecule has 0 saturated heterocycles. The number of ether oxygens (including phenoxy) is 1. The fourth-order valence-electron chi connectivity index (χ4n) is 4.92. The Bertz CT molecular complexity index is 1110. The second kappa shape index (κ2) is 8.00. The van der Waals surface area contributed by atoms with Crippen LogP contribution in [0.25, 0.3) is 11.1 Å². The van der Waals surface area contributed by atoms with Gasteiger partial charge in [-0.25, -0.2) is 4.79 Å². The van der Waals surface area contributed by atoms with Gasteiger partial charge in [0.1, 0.15) is 12.6 Å². The Morgan fingerprint density at radius 2 is 1.45 bits per heavy atom. The fourth-order valence-corrected chi connectivity index (χ4v) is 4.92. The molecule has 1 atom stereocenters. The summed E-state index contributed by atoms with van der Waals surface area (Å²) in [5.74, 6) is -1.37. The summed E-state index contributed by atoms with van der Waals surface area (Å²) in [4.78, 5) is 26.4. The van der Waals surface area contributed by atoms with E-state index in [4.69, 9.17) is 4.74 Å². The number of esters is 1. The number of carbonyl (C=O) groups is 2. The third-order valence-corrected chi connectivity index (χ3v) is 6.30. The van der Waals surface area contributed by atoms with Crippen LogP contribution >= 0.6 is 0 Å². The molecule has 3 aromatic rings. The van der Waals surface area contributed by atoms with Gasteiger partial charge < -0.3 is 9.84 Å². The van der Waals surface area contributed by atoms with Crippen molar-refractivity contribution in [1.82, 2.24) is 4.90 Å². The minimum absolute atomic E-state index is 0.0249. The first-order valence-electron chi connectivity index (χ1n) is 10.5. The first-order chi connectivity index (χ1) is 15.1. The van der Waals surface area contributed by atoms with E-state index >= 15 is 0 Å². The summed E-state index contributed by atoms with van der Waals surface area (Å²) in [5, 5.41) is 9.34. The van der Waals surface area contributed by atoms with Crippen molar-refractivity contribution in [3.8, 4) is 11.1 Å². The van der Waals surface area contributed by atoms with E-state index in [9.17, 15) is 14.7 Å². The SMILES string of the molecule is O=C(O)CN1CCc2ccccc2[C@H]1C(=O)OCC1c2ccccc2-c2ccccc21. The molecule has 1 N–H and O–H groups in total. The highest BCUT2D eigenvalue weighted by Crippen LogP contribution is 2.44. The van der Waals surface area contributed by atoms with Gasteiger partial charge in [0.25, 0.3) is 0 Å². The molecule has 5 nitrogen and oxygen atoms in total. The van der Waals surface area contributed by atoms with Gasteiger partial charge in [0.2, 0.25) is 0 Å². The first kappa shape index (κ1) is 19.5. The van der Waals surface area contributed by atoms with Crippen molar-refractivity contribution in [3.05, 3.63) is 95.1 Å². The van der Waals surface area contributed by atoms with Crippen LogP contribution in [-0.4, -0.2) is 41.6 Å². The van der Waals surface area contributed by atoms with Gasteiger partial charge in [0, 0.05) is 12.5 Å². The number of carboxylic acid groups (broad SMARTS) is 1. The van der Waals surface area contributed by atoms with Gasteiger partial charge in [-0.3, -0.25) is 9.69 Å². The summed E-state index contributed by atoms with van der Waals surface area (Å²) in [6.07, 6.45) is 0.719. The van der Waals surface area contributed by atoms with Gasteiger partial charge in [-0.15, -0.1) is 0 Å². The van der Waals surface area contributed by atoms with E-state index in [2.05, 4.69) is 24.3 Å². The summed E-state index contributed by atoms with van der Waals surface area (Å²) in [7, 11) is 0. The minimum Gasteiger partial charge on any atom is -0.480 e. The number of aliphatic carboxylic acids is 1. The summed E-state index contributed by atoms with van der Waals surface area (Å²) < 4.78 is 5.87. The van der Waals surface area contributed by atoms with E-state index in [1.165, 1.54) is 11.1 Å². The van der Waals surface area contributed by atoms with Crippen molar-refractivity contribution >= 4 is 11.9 Å². The molecule has 0 radical (unpaired) electrons. The van der Waals surface area contributed by atoms with E-state index < -0.39 is 18.0 Å². The molecule has 1 aliphatic heterocycles. The van der Waals surface area contributed by atoms with Gasteiger partial charge in [-0.05, 0) is 39.8 Å². The predicted octanol–water partition coefficient (Wildman–Crippen LogP) is 4.03. The number of rotatable bonds is 5. The van der Waals surface area contributed by atoms with Crippen LogP contribution in [0.4, 0.5) is 0 Å². The van der Waals surface area contributed by atoms with E-state index in [1.807, 2.05) is 48.5 Å². The largest absolute Gasteiger partial charge is 0.480 e. The zero-order valence-electron chi connectivity index (χ0n) is 17.0. The molecular weight excluding hydrogens is 390 g/mol. The zero-order chi connectivity index (χ0) is 21.4. The van der Waals surface area contributed by atoms with Crippen LogP contribution in [0.15, 0.2) is 72.8 Å². The van der Waals surface area contributed by atoms with Gasteiger partial charge in [-0.1, -0.05) is 72.8 Å². The Labute approximate surface area is 180 Å². The topological polar surface area (TPSA) is 66.8 Å². The molecule has 0 aromatic heterocycles. The molecular formula is C26H23NO4. The van der Waals surface area contributed by atoms with Crippen molar-refractivity contribution in [2.75, 3.05) is 19.7 Å². The lowest BCUT2D eigenvalue weighted by Gasteiger charge is -2.34. The molecule has 5 rings (SSSR count). The number of hydrogen-bond acceptors (Lipinski definition) is 4. The van der Waals surface area contributed by atoms with Crippen molar-refractivity contribution in [2.24, 2.45) is 0 Å². The van der Waals surface area contributed by atoms with Crippen LogP contribution in [0.5, 0.6) is 0 Å². The lowest BCUT2D eigenvalue weighted by Crippen LogP contribution is -2.43. The number of fused-ring (bicyclic) bond motifs is 4. The molecule has 0 saturated carbocycles. The molecule has 2 aliphatic rings. The predicted molar refractivity (Wildman–Crippen MR) is 117 cm³/mol. The van der Waals surface area contributed by atoms with Crippen LogP contribution in [0.3, 0.4) is 0 Å². The van der Waals surface area contributed by atoms with E-state index in [0.717, 1.165) is 28.7 Å². The number of nitrogens with zero attached hydrogens (tertiary/aromatic N) is 1. The molecule has 1 heterocycles. The van der Waals surface area contributed by atoms with Gasteiger partial charge in [0.15, 0.2) is 0 Å². The van der Waals surface area contributed by atoms with Gasteiger partial charge in [-0.2, -0.15) is 0 Å². The Hall–Kier alpha value is -3.44. The van der Waals surface area contributed by atoms with E-state index in [0.29, 0.717) is 6.54 Å². The van der Waals surface area contributed by atoms with Crippen LogP contribution < -0.4 is 0 Å². The second-order valence-electron chi connectivity index (χ2n) is 8.07. The smallest absolute Gasteiger partial charge is 0.328 e. The first-order valence-corrected chi connectivity index (χ1v) is 10.5. The van der Waals surface area contributed by atoms with Crippen molar-refractivity contribution in [1.29, 1.82) is 0 Å². The van der Waals surface area contributed by atoms with Crippen LogP contribution in [0.2, 0.25) is 0 Å². The maximum atomic E-state index is 13.3. The Morgan fingerprint density at radius 3 is 2.10 bits per heavy atom. The number of carboxylic acids is 1. The highest BCUT2D eigenvalue weighted by atomic mass is 16.5. The molecule has 31 heavy (non-hydrogen) atoms.